The molecule has 0 saturated carbocycles. The van der Waals surface area contributed by atoms with Crippen LogP contribution in [0, 0.1) is 6.92 Å². The van der Waals surface area contributed by atoms with Gasteiger partial charge in [-0.2, -0.15) is 43.2 Å². The van der Waals surface area contributed by atoms with Crippen LogP contribution in [0.2, 0.25) is 0 Å². The molecule has 0 atom stereocenters. The van der Waals surface area contributed by atoms with Crippen LogP contribution in [0.1, 0.15) is 5.56 Å². The van der Waals surface area contributed by atoms with Crippen LogP contribution in [-0.2, 0) is 20.2 Å². The molecule has 0 bridgehead atoms. The Labute approximate surface area is 147 Å². The molecule has 2 rings (SSSR count). The van der Waals surface area contributed by atoms with E-state index in [4.69, 9.17) is 0 Å². The quantitative estimate of drug-likeness (QED) is 0.410. The predicted molar refractivity (Wildman–Crippen MR) is 77.7 cm³/mol. The van der Waals surface area contributed by atoms with Gasteiger partial charge in [-0.25, -0.2) is 4.98 Å². The highest BCUT2D eigenvalue weighted by atomic mass is 32.2. The van der Waals surface area contributed by atoms with Crippen molar-refractivity contribution in [2.24, 2.45) is 0 Å². The Balaban J connectivity index is 2.49. The Kier molecular flexibility index (Phi) is 4.98. The summed E-state index contributed by atoms with van der Waals surface area (Å²) in [5, 5.41) is 0.170. The molecule has 0 aliphatic carbocycles. The molecule has 1 aromatic carbocycles. The van der Waals surface area contributed by atoms with Gasteiger partial charge >= 0.3 is 31.3 Å². The van der Waals surface area contributed by atoms with Gasteiger partial charge in [0.1, 0.15) is 5.75 Å². The maximum Gasteiger partial charge on any atom is 0.534 e. The molecule has 0 saturated heterocycles. The summed E-state index contributed by atoms with van der Waals surface area (Å²) in [4.78, 5) is 3.43. The van der Waals surface area contributed by atoms with Crippen molar-refractivity contribution >= 4 is 31.1 Å². The standard InChI is InChI=1S/C12H7F6NO6S2/c1-6-4-10(25-27(22,23)12(16,17)18)19-9-5-7(2-3-8(6)9)24-26(20,21)11(13,14)15/h2-5H,1H3. The van der Waals surface area contributed by atoms with Gasteiger partial charge in [0.05, 0.1) is 5.52 Å². The van der Waals surface area contributed by atoms with E-state index in [2.05, 4.69) is 13.4 Å². The van der Waals surface area contributed by atoms with Crippen molar-refractivity contribution in [3.8, 4) is 11.6 Å². The molecule has 1 aromatic heterocycles. The maximum absolute atomic E-state index is 12.4. The second-order valence-electron chi connectivity index (χ2n) is 4.92. The first kappa shape index (κ1) is 21.0. The van der Waals surface area contributed by atoms with Gasteiger partial charge in [0.2, 0.25) is 5.88 Å². The molecule has 0 radical (unpaired) electrons. The Bertz CT molecular complexity index is 1090. The number of alkyl halides is 6. The fourth-order valence-corrected chi connectivity index (χ4v) is 2.64. The first-order valence-corrected chi connectivity index (χ1v) is 9.28. The number of fused-ring (bicyclic) bond motifs is 1. The third kappa shape index (κ3) is 4.35. The second kappa shape index (κ2) is 6.40. The van der Waals surface area contributed by atoms with Crippen LogP contribution in [0.5, 0.6) is 11.6 Å². The summed E-state index contributed by atoms with van der Waals surface area (Å²) in [7, 11) is -12.0. The van der Waals surface area contributed by atoms with Crippen LogP contribution < -0.4 is 8.37 Å². The van der Waals surface area contributed by atoms with E-state index in [-0.39, 0.29) is 16.5 Å². The lowest BCUT2D eigenvalue weighted by atomic mass is 10.1. The van der Waals surface area contributed by atoms with Gasteiger partial charge in [0.25, 0.3) is 0 Å². The molecule has 2 aromatic rings. The van der Waals surface area contributed by atoms with Crippen LogP contribution in [0.15, 0.2) is 24.3 Å². The van der Waals surface area contributed by atoms with Gasteiger partial charge in [-0.15, -0.1) is 0 Å². The molecule has 0 unspecified atom stereocenters. The molecule has 7 nitrogen and oxygen atoms in total. The molecule has 0 fully saturated rings. The third-order valence-electron chi connectivity index (χ3n) is 2.93. The normalized spacial score (nSPS) is 13.6. The highest BCUT2D eigenvalue weighted by Gasteiger charge is 2.49. The number of benzene rings is 1. The molecule has 150 valence electrons. The van der Waals surface area contributed by atoms with Gasteiger partial charge in [-0.05, 0) is 24.6 Å². The molecule has 0 spiro atoms. The van der Waals surface area contributed by atoms with E-state index in [1.807, 2.05) is 0 Å². The SMILES string of the molecule is Cc1cc(OS(=O)(=O)C(F)(F)F)nc2cc(OS(=O)(=O)C(F)(F)F)ccc12. The van der Waals surface area contributed by atoms with Crippen molar-refractivity contribution in [3.05, 3.63) is 29.8 Å². The zero-order valence-electron chi connectivity index (χ0n) is 12.8. The molecule has 1 heterocycles. The predicted octanol–water partition coefficient (Wildman–Crippen LogP) is 3.00. The molecule has 15 heteroatoms. The summed E-state index contributed by atoms with van der Waals surface area (Å²) in [5.41, 5.74) is -11.7. The number of pyridine rings is 1. The minimum atomic E-state index is -6.03. The fraction of sp³-hybridized carbons (Fsp3) is 0.250. The minimum absolute atomic E-state index is 0.151. The Morgan fingerprint density at radius 1 is 0.852 bits per heavy atom. The van der Waals surface area contributed by atoms with Crippen molar-refractivity contribution < 1.29 is 51.5 Å². The van der Waals surface area contributed by atoms with Gasteiger partial charge < -0.3 is 8.37 Å². The number of rotatable bonds is 4. The fourth-order valence-electron chi connectivity index (χ4n) is 1.78. The molecular formula is C12H7F6NO6S2. The lowest BCUT2D eigenvalue weighted by molar-refractivity contribution is -0.0505. The lowest BCUT2D eigenvalue weighted by Gasteiger charge is -2.12. The summed E-state index contributed by atoms with van der Waals surface area (Å²) < 4.78 is 126. The van der Waals surface area contributed by atoms with Crippen molar-refractivity contribution in [3.63, 3.8) is 0 Å². The highest BCUT2D eigenvalue weighted by Crippen LogP contribution is 2.31. The average Bonchev–Trinajstić information content (AvgIpc) is 2.43. The number of hydrogen-bond donors (Lipinski definition) is 0. The first-order chi connectivity index (χ1) is 12.0. The van der Waals surface area contributed by atoms with Gasteiger partial charge in [-0.3, -0.25) is 0 Å². The number of halogens is 6. The van der Waals surface area contributed by atoms with E-state index >= 15 is 0 Å². The third-order valence-corrected chi connectivity index (χ3v) is 4.87. The topological polar surface area (TPSA) is 99.6 Å². The van der Waals surface area contributed by atoms with E-state index in [9.17, 15) is 43.2 Å². The number of aryl methyl sites for hydroxylation is 1. The van der Waals surface area contributed by atoms with Gasteiger partial charge in [0, 0.05) is 17.5 Å². The smallest absolute Gasteiger partial charge is 0.376 e. The summed E-state index contributed by atoms with van der Waals surface area (Å²) in [6, 6.07) is 3.45. The zero-order chi connectivity index (χ0) is 20.8. The van der Waals surface area contributed by atoms with Crippen molar-refractivity contribution in [1.29, 1.82) is 0 Å². The van der Waals surface area contributed by atoms with E-state index < -0.39 is 42.9 Å². The molecule has 0 amide bonds. The van der Waals surface area contributed by atoms with Crippen LogP contribution in [-0.4, -0.2) is 32.8 Å². The molecule has 27 heavy (non-hydrogen) atoms. The zero-order valence-corrected chi connectivity index (χ0v) is 14.4. The largest absolute Gasteiger partial charge is 0.534 e. The molecular weight excluding hydrogens is 432 g/mol. The molecule has 0 aliphatic rings. The Morgan fingerprint density at radius 3 is 1.89 bits per heavy atom. The Hall–Kier alpha value is -2.29. The summed E-state index contributed by atoms with van der Waals surface area (Å²) in [6.07, 6.45) is 0. The van der Waals surface area contributed by atoms with Crippen LogP contribution in [0.25, 0.3) is 10.9 Å². The van der Waals surface area contributed by atoms with Crippen molar-refractivity contribution in [1.82, 2.24) is 4.98 Å². The Morgan fingerprint density at radius 2 is 1.37 bits per heavy atom. The number of aromatic nitrogens is 1. The van der Waals surface area contributed by atoms with Crippen LogP contribution in [0.3, 0.4) is 0 Å². The average molecular weight is 439 g/mol. The van der Waals surface area contributed by atoms with Gasteiger partial charge in [0.15, 0.2) is 0 Å². The van der Waals surface area contributed by atoms with Crippen LogP contribution in [0.4, 0.5) is 26.3 Å². The number of hydrogen-bond acceptors (Lipinski definition) is 7. The maximum atomic E-state index is 12.4. The first-order valence-electron chi connectivity index (χ1n) is 6.46. The van der Waals surface area contributed by atoms with E-state index in [0.29, 0.717) is 6.07 Å². The molecule has 0 N–H and O–H groups in total. The summed E-state index contributed by atoms with van der Waals surface area (Å²) >= 11 is 0. The van der Waals surface area contributed by atoms with Crippen molar-refractivity contribution in [2.75, 3.05) is 0 Å². The summed E-state index contributed by atoms with van der Waals surface area (Å²) in [5.74, 6) is -1.87. The minimum Gasteiger partial charge on any atom is -0.376 e. The number of nitrogens with zero attached hydrogens (tertiary/aromatic N) is 1. The lowest BCUT2D eigenvalue weighted by Crippen LogP contribution is -2.28. The van der Waals surface area contributed by atoms with E-state index in [1.165, 1.54) is 6.92 Å². The monoisotopic (exact) mass is 439 g/mol. The van der Waals surface area contributed by atoms with Crippen molar-refractivity contribution in [2.45, 2.75) is 17.9 Å². The summed E-state index contributed by atoms with van der Waals surface area (Å²) in [6.45, 7) is 1.32. The molecule has 0 aliphatic heterocycles. The van der Waals surface area contributed by atoms with Crippen LogP contribution >= 0.6 is 0 Å². The highest BCUT2D eigenvalue weighted by molar-refractivity contribution is 7.88. The second-order valence-corrected chi connectivity index (χ2v) is 8.00. The van der Waals surface area contributed by atoms with E-state index in [0.717, 1.165) is 18.2 Å². The van der Waals surface area contributed by atoms with Gasteiger partial charge in [-0.1, -0.05) is 0 Å². The van der Waals surface area contributed by atoms with E-state index in [1.54, 1.807) is 0 Å².